The molecule has 238 valence electrons. The molecule has 0 saturated heterocycles. The van der Waals surface area contributed by atoms with Crippen LogP contribution in [-0.2, 0) is 16.1 Å². The van der Waals surface area contributed by atoms with Gasteiger partial charge in [0.15, 0.2) is 16.3 Å². The van der Waals surface area contributed by atoms with E-state index >= 15 is 0 Å². The average Bonchev–Trinajstić information content (AvgIpc) is 3.34. The summed E-state index contributed by atoms with van der Waals surface area (Å²) in [5.41, 5.74) is 2.62. The van der Waals surface area contributed by atoms with Gasteiger partial charge in [0.05, 0.1) is 35.6 Å². The fraction of sp³-hybridized carbons (Fsp3) is 0.206. The average molecular weight is 744 g/mol. The summed E-state index contributed by atoms with van der Waals surface area (Å²) < 4.78 is 25.3. The Morgan fingerprint density at radius 1 is 1.11 bits per heavy atom. The third-order valence-electron chi connectivity index (χ3n) is 7.05. The quantitative estimate of drug-likeness (QED) is 0.121. The van der Waals surface area contributed by atoms with E-state index in [1.807, 2.05) is 12.1 Å². The number of allylic oxidation sites excluding steroid dienone is 1. The SMILES string of the molecule is C=CCOc1ccc([C@H]2C(C(=O)OCC)=C(C)N=c3s/c(=C\c4cc(OC)c(OCc5ccc(Cl)cc5Cl)cc4Br)c(=O)n32)cc1. The maximum atomic E-state index is 14.1. The van der Waals surface area contributed by atoms with Crippen molar-refractivity contribution in [3.05, 3.63) is 129 Å². The van der Waals surface area contributed by atoms with E-state index in [4.69, 9.17) is 42.1 Å². The molecule has 2 heterocycles. The van der Waals surface area contributed by atoms with Gasteiger partial charge in [-0.15, -0.1) is 0 Å². The zero-order valence-corrected chi connectivity index (χ0v) is 29.1. The van der Waals surface area contributed by atoms with Gasteiger partial charge >= 0.3 is 5.97 Å². The number of methoxy groups -OCH3 is 1. The summed E-state index contributed by atoms with van der Waals surface area (Å²) in [5.74, 6) is 1.05. The Bertz CT molecular complexity index is 2020. The highest BCUT2D eigenvalue weighted by atomic mass is 79.9. The van der Waals surface area contributed by atoms with E-state index in [9.17, 15) is 9.59 Å². The standard InChI is InChI=1S/C34H29BrCl2N2O6S/c1-5-13-44-24-11-8-20(9-12-24)31-30(33(41)43-6-2)19(3)38-34-39(31)32(40)29(46-34)15-22-14-27(42-4)28(17-25(22)35)45-18-21-7-10-23(36)16-26(21)37/h5,7-12,14-17,31H,1,6,13,18H2,2-4H3/b29-15-/t31-/m0/s1. The lowest BCUT2D eigenvalue weighted by Gasteiger charge is -2.24. The van der Waals surface area contributed by atoms with Crippen LogP contribution in [0, 0.1) is 0 Å². The molecule has 46 heavy (non-hydrogen) atoms. The minimum absolute atomic E-state index is 0.184. The van der Waals surface area contributed by atoms with Crippen molar-refractivity contribution in [1.29, 1.82) is 0 Å². The summed E-state index contributed by atoms with van der Waals surface area (Å²) >= 11 is 17.2. The number of hydrogen-bond acceptors (Lipinski definition) is 8. The minimum Gasteiger partial charge on any atom is -0.493 e. The lowest BCUT2D eigenvalue weighted by atomic mass is 9.96. The molecule has 0 aliphatic carbocycles. The molecule has 3 aromatic carbocycles. The highest BCUT2D eigenvalue weighted by Crippen LogP contribution is 2.36. The number of ether oxygens (including phenoxy) is 4. The van der Waals surface area contributed by atoms with Crippen LogP contribution >= 0.6 is 50.5 Å². The van der Waals surface area contributed by atoms with Crippen LogP contribution in [0.2, 0.25) is 10.0 Å². The molecule has 1 aliphatic heterocycles. The first-order valence-electron chi connectivity index (χ1n) is 14.1. The minimum atomic E-state index is -0.751. The monoisotopic (exact) mass is 742 g/mol. The fourth-order valence-corrected chi connectivity index (χ4v) is 6.82. The Hall–Kier alpha value is -3.83. The van der Waals surface area contributed by atoms with E-state index in [2.05, 4.69) is 27.5 Å². The van der Waals surface area contributed by atoms with Crippen molar-refractivity contribution in [1.82, 2.24) is 4.57 Å². The Labute approximate surface area is 287 Å². The van der Waals surface area contributed by atoms with Crippen molar-refractivity contribution < 1.29 is 23.7 Å². The van der Waals surface area contributed by atoms with Gasteiger partial charge in [0.25, 0.3) is 5.56 Å². The molecule has 0 saturated carbocycles. The highest BCUT2D eigenvalue weighted by molar-refractivity contribution is 9.10. The Morgan fingerprint density at radius 2 is 1.87 bits per heavy atom. The van der Waals surface area contributed by atoms with Crippen LogP contribution in [0.1, 0.15) is 36.6 Å². The number of benzene rings is 3. The third kappa shape index (κ3) is 7.10. The molecule has 12 heteroatoms. The second-order valence-electron chi connectivity index (χ2n) is 10.0. The third-order valence-corrected chi connectivity index (χ3v) is 9.31. The molecule has 0 N–H and O–H groups in total. The van der Waals surface area contributed by atoms with Crippen molar-refractivity contribution >= 4 is 62.5 Å². The van der Waals surface area contributed by atoms with Crippen molar-refractivity contribution in [3.63, 3.8) is 0 Å². The van der Waals surface area contributed by atoms with E-state index in [0.717, 1.165) is 5.56 Å². The lowest BCUT2D eigenvalue weighted by Crippen LogP contribution is -2.39. The van der Waals surface area contributed by atoms with Crippen LogP contribution in [0.25, 0.3) is 6.08 Å². The van der Waals surface area contributed by atoms with E-state index < -0.39 is 12.0 Å². The van der Waals surface area contributed by atoms with Gasteiger partial charge < -0.3 is 18.9 Å². The molecule has 0 fully saturated rings. The van der Waals surface area contributed by atoms with E-state index in [1.54, 1.807) is 68.5 Å². The molecule has 5 rings (SSSR count). The molecular weight excluding hydrogens is 715 g/mol. The van der Waals surface area contributed by atoms with Gasteiger partial charge in [0, 0.05) is 20.1 Å². The fourth-order valence-electron chi connectivity index (χ4n) is 4.88. The van der Waals surface area contributed by atoms with Crippen molar-refractivity contribution in [3.8, 4) is 17.2 Å². The van der Waals surface area contributed by atoms with Gasteiger partial charge in [-0.05, 0) is 67.4 Å². The number of halogens is 3. The van der Waals surface area contributed by atoms with Crippen LogP contribution in [0.4, 0.5) is 0 Å². The van der Waals surface area contributed by atoms with Gasteiger partial charge in [0.2, 0.25) is 0 Å². The molecule has 0 unspecified atom stereocenters. The lowest BCUT2D eigenvalue weighted by molar-refractivity contribution is -0.139. The number of aromatic nitrogens is 1. The molecule has 8 nitrogen and oxygen atoms in total. The molecule has 4 aromatic rings. The van der Waals surface area contributed by atoms with Crippen LogP contribution in [0.5, 0.6) is 17.2 Å². The molecule has 0 amide bonds. The molecule has 1 aromatic heterocycles. The van der Waals surface area contributed by atoms with Gasteiger partial charge in [-0.1, -0.05) is 81.3 Å². The number of rotatable bonds is 11. The predicted molar refractivity (Wildman–Crippen MR) is 184 cm³/mol. The number of fused-ring (bicyclic) bond motifs is 1. The smallest absolute Gasteiger partial charge is 0.338 e. The predicted octanol–water partition coefficient (Wildman–Crippen LogP) is 7.02. The summed E-state index contributed by atoms with van der Waals surface area (Å²) in [6.07, 6.45) is 3.41. The molecular formula is C34H29BrCl2N2O6S. The maximum absolute atomic E-state index is 14.1. The molecule has 0 radical (unpaired) electrons. The van der Waals surface area contributed by atoms with E-state index in [1.165, 1.54) is 23.0 Å². The second kappa shape index (κ2) is 14.7. The van der Waals surface area contributed by atoms with Crippen molar-refractivity contribution in [2.24, 2.45) is 4.99 Å². The van der Waals surface area contributed by atoms with Crippen LogP contribution in [-0.4, -0.2) is 30.9 Å². The van der Waals surface area contributed by atoms with Crippen molar-refractivity contribution in [2.45, 2.75) is 26.5 Å². The molecule has 1 atom stereocenters. The molecule has 1 aliphatic rings. The van der Waals surface area contributed by atoms with Gasteiger partial charge in [-0.3, -0.25) is 9.36 Å². The number of hydrogen-bond donors (Lipinski definition) is 0. The first-order valence-corrected chi connectivity index (χ1v) is 16.5. The summed E-state index contributed by atoms with van der Waals surface area (Å²) in [6, 6.07) is 15.2. The van der Waals surface area contributed by atoms with Crippen LogP contribution in [0.15, 0.2) is 92.8 Å². The molecule has 0 bridgehead atoms. The first kappa shape index (κ1) is 33.5. The number of thiazole rings is 1. The van der Waals surface area contributed by atoms with Gasteiger partial charge in [0.1, 0.15) is 19.0 Å². The van der Waals surface area contributed by atoms with E-state index in [0.29, 0.717) is 70.1 Å². The summed E-state index contributed by atoms with van der Waals surface area (Å²) in [7, 11) is 1.54. The Balaban J connectivity index is 1.55. The number of carbonyl (C=O) groups is 1. The maximum Gasteiger partial charge on any atom is 0.338 e. The summed E-state index contributed by atoms with van der Waals surface area (Å²) in [6.45, 7) is 7.89. The zero-order chi connectivity index (χ0) is 33.0. The normalized spacial score (nSPS) is 14.4. The number of esters is 1. The molecule has 0 spiro atoms. The highest BCUT2D eigenvalue weighted by Gasteiger charge is 2.33. The van der Waals surface area contributed by atoms with Gasteiger partial charge in [-0.2, -0.15) is 0 Å². The number of carbonyl (C=O) groups excluding carboxylic acids is 1. The largest absolute Gasteiger partial charge is 0.493 e. The second-order valence-corrected chi connectivity index (χ2v) is 12.7. The Kier molecular flexibility index (Phi) is 10.7. The summed E-state index contributed by atoms with van der Waals surface area (Å²) in [5, 5.41) is 1.03. The zero-order valence-electron chi connectivity index (χ0n) is 25.1. The van der Waals surface area contributed by atoms with E-state index in [-0.39, 0.29) is 18.8 Å². The first-order chi connectivity index (χ1) is 22.1. The van der Waals surface area contributed by atoms with Crippen molar-refractivity contribution in [2.75, 3.05) is 20.3 Å². The Morgan fingerprint density at radius 3 is 2.54 bits per heavy atom. The van der Waals surface area contributed by atoms with Crippen LogP contribution in [0.3, 0.4) is 0 Å². The number of nitrogens with zero attached hydrogens (tertiary/aromatic N) is 2. The summed E-state index contributed by atoms with van der Waals surface area (Å²) in [4.78, 5) is 32.4. The van der Waals surface area contributed by atoms with Gasteiger partial charge in [-0.25, -0.2) is 9.79 Å². The topological polar surface area (TPSA) is 88.4 Å². The van der Waals surface area contributed by atoms with Crippen LogP contribution < -0.4 is 29.1 Å².